The number of hydrogen-bond acceptors (Lipinski definition) is 3. The van der Waals surface area contributed by atoms with Crippen LogP contribution in [0.1, 0.15) is 11.1 Å². The van der Waals surface area contributed by atoms with Crippen LogP contribution in [-0.2, 0) is 6.42 Å². The smallest absolute Gasteiger partial charge is 0.0991 e. The SMILES string of the molecule is N#Cc1ccc(Br)c(CC2(O)CNC2)c1. The second kappa shape index (κ2) is 3.93. The molecule has 0 amide bonds. The third kappa shape index (κ3) is 2.20. The normalized spacial score (nSPS) is 17.9. The number of rotatable bonds is 2. The van der Waals surface area contributed by atoms with Crippen molar-refractivity contribution in [3.63, 3.8) is 0 Å². The first kappa shape index (κ1) is 10.6. The Morgan fingerprint density at radius 3 is 2.80 bits per heavy atom. The van der Waals surface area contributed by atoms with Crippen molar-refractivity contribution in [1.29, 1.82) is 5.26 Å². The van der Waals surface area contributed by atoms with E-state index in [1.807, 2.05) is 12.1 Å². The molecule has 0 unspecified atom stereocenters. The van der Waals surface area contributed by atoms with E-state index in [1.165, 1.54) is 0 Å². The molecule has 1 heterocycles. The number of aliphatic hydroxyl groups is 1. The van der Waals surface area contributed by atoms with E-state index in [1.54, 1.807) is 6.07 Å². The standard InChI is InChI=1S/C11H11BrN2O/c12-10-2-1-8(5-13)3-9(10)4-11(15)6-14-7-11/h1-3,14-15H,4,6-7H2. The summed E-state index contributed by atoms with van der Waals surface area (Å²) in [5, 5.41) is 21.8. The van der Waals surface area contributed by atoms with Gasteiger partial charge in [-0.15, -0.1) is 0 Å². The Morgan fingerprint density at radius 1 is 1.53 bits per heavy atom. The number of benzene rings is 1. The van der Waals surface area contributed by atoms with E-state index in [0.717, 1.165) is 10.0 Å². The Morgan fingerprint density at radius 2 is 2.27 bits per heavy atom. The highest BCUT2D eigenvalue weighted by Gasteiger charge is 2.34. The lowest BCUT2D eigenvalue weighted by molar-refractivity contribution is -0.00915. The Kier molecular flexibility index (Phi) is 2.79. The molecule has 1 aliphatic heterocycles. The highest BCUT2D eigenvalue weighted by molar-refractivity contribution is 9.10. The fourth-order valence-corrected chi connectivity index (χ4v) is 2.06. The van der Waals surface area contributed by atoms with E-state index in [-0.39, 0.29) is 0 Å². The molecule has 0 aliphatic carbocycles. The third-order valence-corrected chi connectivity index (χ3v) is 3.38. The van der Waals surface area contributed by atoms with Gasteiger partial charge < -0.3 is 10.4 Å². The maximum atomic E-state index is 9.99. The first-order valence-electron chi connectivity index (χ1n) is 4.75. The molecular formula is C11H11BrN2O. The monoisotopic (exact) mass is 266 g/mol. The average Bonchev–Trinajstić information content (AvgIpc) is 2.19. The highest BCUT2D eigenvalue weighted by atomic mass is 79.9. The zero-order valence-corrected chi connectivity index (χ0v) is 9.71. The van der Waals surface area contributed by atoms with Crippen molar-refractivity contribution >= 4 is 15.9 Å². The van der Waals surface area contributed by atoms with Gasteiger partial charge in [-0.05, 0) is 23.8 Å². The molecule has 0 radical (unpaired) electrons. The molecule has 0 aromatic heterocycles. The second-order valence-electron chi connectivity index (χ2n) is 3.92. The Hall–Kier alpha value is -0.890. The molecule has 1 aromatic carbocycles. The highest BCUT2D eigenvalue weighted by Crippen LogP contribution is 2.24. The lowest BCUT2D eigenvalue weighted by Gasteiger charge is -2.38. The summed E-state index contributed by atoms with van der Waals surface area (Å²) in [5.41, 5.74) is 0.971. The molecule has 1 aromatic rings. The third-order valence-electron chi connectivity index (χ3n) is 2.60. The molecule has 0 bridgehead atoms. The lowest BCUT2D eigenvalue weighted by Crippen LogP contribution is -2.60. The van der Waals surface area contributed by atoms with E-state index in [0.29, 0.717) is 25.1 Å². The summed E-state index contributed by atoms with van der Waals surface area (Å²) < 4.78 is 0.946. The molecule has 2 N–H and O–H groups in total. The topological polar surface area (TPSA) is 56.0 Å². The van der Waals surface area contributed by atoms with E-state index >= 15 is 0 Å². The van der Waals surface area contributed by atoms with Crippen LogP contribution in [0.2, 0.25) is 0 Å². The summed E-state index contributed by atoms with van der Waals surface area (Å²) in [4.78, 5) is 0. The van der Waals surface area contributed by atoms with Gasteiger partial charge in [-0.25, -0.2) is 0 Å². The number of nitriles is 1. The van der Waals surface area contributed by atoms with Crippen LogP contribution in [0.3, 0.4) is 0 Å². The van der Waals surface area contributed by atoms with Crippen LogP contribution in [0.4, 0.5) is 0 Å². The molecule has 0 atom stereocenters. The second-order valence-corrected chi connectivity index (χ2v) is 4.78. The van der Waals surface area contributed by atoms with Crippen LogP contribution in [0.15, 0.2) is 22.7 Å². The van der Waals surface area contributed by atoms with Gasteiger partial charge in [0.15, 0.2) is 0 Å². The first-order chi connectivity index (χ1) is 7.13. The quantitative estimate of drug-likeness (QED) is 0.846. The Labute approximate surface area is 96.9 Å². The van der Waals surface area contributed by atoms with Crippen LogP contribution in [-0.4, -0.2) is 23.8 Å². The molecule has 3 nitrogen and oxygen atoms in total. The number of nitrogens with one attached hydrogen (secondary N) is 1. The molecule has 1 saturated heterocycles. The lowest BCUT2D eigenvalue weighted by atomic mass is 9.89. The fourth-order valence-electron chi connectivity index (χ4n) is 1.67. The number of halogens is 1. The molecule has 78 valence electrons. The predicted molar refractivity (Wildman–Crippen MR) is 60.4 cm³/mol. The molecular weight excluding hydrogens is 256 g/mol. The number of hydrogen-bond donors (Lipinski definition) is 2. The summed E-state index contributed by atoms with van der Waals surface area (Å²) in [6, 6.07) is 7.53. The maximum Gasteiger partial charge on any atom is 0.0991 e. The van der Waals surface area contributed by atoms with E-state index in [2.05, 4.69) is 27.3 Å². The molecule has 1 aliphatic rings. The Balaban J connectivity index is 2.23. The fraction of sp³-hybridized carbons (Fsp3) is 0.364. The minimum atomic E-state index is -0.642. The van der Waals surface area contributed by atoms with Crippen molar-refractivity contribution in [3.8, 4) is 6.07 Å². The van der Waals surface area contributed by atoms with Gasteiger partial charge in [0, 0.05) is 24.0 Å². The van der Waals surface area contributed by atoms with Crippen molar-refractivity contribution in [2.45, 2.75) is 12.0 Å². The maximum absolute atomic E-state index is 9.99. The number of nitrogens with zero attached hydrogens (tertiary/aromatic N) is 1. The number of β-amino-alcohol motifs (C(OH)–C–C–N with tert-alkyl or cyclic N) is 1. The predicted octanol–water partition coefficient (Wildman–Crippen LogP) is 1.20. The van der Waals surface area contributed by atoms with E-state index < -0.39 is 5.60 Å². The Bertz CT molecular complexity index is 421. The van der Waals surface area contributed by atoms with E-state index in [4.69, 9.17) is 5.26 Å². The van der Waals surface area contributed by atoms with Crippen molar-refractivity contribution in [3.05, 3.63) is 33.8 Å². The summed E-state index contributed by atoms with van der Waals surface area (Å²) in [7, 11) is 0. The van der Waals surface area contributed by atoms with Gasteiger partial charge >= 0.3 is 0 Å². The van der Waals surface area contributed by atoms with E-state index in [9.17, 15) is 5.11 Å². The zero-order valence-electron chi connectivity index (χ0n) is 8.13. The molecule has 1 fully saturated rings. The van der Waals surface area contributed by atoms with Crippen LogP contribution in [0.5, 0.6) is 0 Å². The summed E-state index contributed by atoms with van der Waals surface area (Å²) in [6.45, 7) is 1.24. The van der Waals surface area contributed by atoms with Crippen LogP contribution < -0.4 is 5.32 Å². The summed E-state index contributed by atoms with van der Waals surface area (Å²) in [6.07, 6.45) is 0.579. The van der Waals surface area contributed by atoms with Crippen molar-refractivity contribution in [2.75, 3.05) is 13.1 Å². The molecule has 4 heteroatoms. The van der Waals surface area contributed by atoms with Gasteiger partial charge in [-0.1, -0.05) is 15.9 Å². The molecule has 0 saturated carbocycles. The van der Waals surface area contributed by atoms with Crippen molar-refractivity contribution in [2.24, 2.45) is 0 Å². The summed E-state index contributed by atoms with van der Waals surface area (Å²) in [5.74, 6) is 0. The molecule has 0 spiro atoms. The van der Waals surface area contributed by atoms with Gasteiger partial charge in [-0.2, -0.15) is 5.26 Å². The van der Waals surface area contributed by atoms with Crippen molar-refractivity contribution < 1.29 is 5.11 Å². The van der Waals surface area contributed by atoms with Crippen LogP contribution >= 0.6 is 15.9 Å². The van der Waals surface area contributed by atoms with Crippen LogP contribution in [0.25, 0.3) is 0 Å². The minimum Gasteiger partial charge on any atom is -0.387 e. The largest absolute Gasteiger partial charge is 0.387 e. The van der Waals surface area contributed by atoms with Gasteiger partial charge in [0.05, 0.1) is 17.2 Å². The minimum absolute atomic E-state index is 0.579. The van der Waals surface area contributed by atoms with Gasteiger partial charge in [0.2, 0.25) is 0 Å². The van der Waals surface area contributed by atoms with Crippen LogP contribution in [0, 0.1) is 11.3 Å². The molecule has 2 rings (SSSR count). The first-order valence-corrected chi connectivity index (χ1v) is 5.54. The van der Waals surface area contributed by atoms with Crippen molar-refractivity contribution in [1.82, 2.24) is 5.32 Å². The molecule has 15 heavy (non-hydrogen) atoms. The van der Waals surface area contributed by atoms with Gasteiger partial charge in [-0.3, -0.25) is 0 Å². The summed E-state index contributed by atoms with van der Waals surface area (Å²) >= 11 is 3.42. The van der Waals surface area contributed by atoms with Gasteiger partial charge in [0.1, 0.15) is 0 Å². The zero-order chi connectivity index (χ0) is 10.9. The average molecular weight is 267 g/mol. The van der Waals surface area contributed by atoms with Gasteiger partial charge in [0.25, 0.3) is 0 Å².